The van der Waals surface area contributed by atoms with Crippen molar-refractivity contribution >= 4 is 5.97 Å². The molecule has 0 aromatic heterocycles. The highest BCUT2D eigenvalue weighted by atomic mass is 16.4. The van der Waals surface area contributed by atoms with Gasteiger partial charge < -0.3 is 5.11 Å². The Morgan fingerprint density at radius 1 is 1.11 bits per heavy atom. The maximum Gasteiger partial charge on any atom is 0.308 e. The number of carboxylic acid groups (broad SMARTS) is 1. The summed E-state index contributed by atoms with van der Waals surface area (Å²) in [5.41, 5.74) is 0. The summed E-state index contributed by atoms with van der Waals surface area (Å²) in [5.74, 6) is -0.717. The van der Waals surface area contributed by atoms with Crippen LogP contribution in [-0.4, -0.2) is 35.1 Å². The average molecular weight is 255 g/mol. The maximum atomic E-state index is 11.4. The third-order valence-electron chi connectivity index (χ3n) is 4.11. The third-order valence-corrected chi connectivity index (χ3v) is 4.11. The van der Waals surface area contributed by atoms with Crippen molar-refractivity contribution in [2.24, 2.45) is 5.92 Å². The van der Waals surface area contributed by atoms with E-state index < -0.39 is 5.97 Å². The summed E-state index contributed by atoms with van der Waals surface area (Å²) in [6.45, 7) is 6.55. The summed E-state index contributed by atoms with van der Waals surface area (Å²) in [6, 6.07) is 0.286. The van der Waals surface area contributed by atoms with Crippen molar-refractivity contribution in [3.8, 4) is 0 Å². The molecule has 18 heavy (non-hydrogen) atoms. The molecule has 0 saturated heterocycles. The minimum absolute atomic E-state index is 0.132. The van der Waals surface area contributed by atoms with E-state index in [-0.39, 0.29) is 12.0 Å². The monoisotopic (exact) mass is 255 g/mol. The van der Waals surface area contributed by atoms with Crippen molar-refractivity contribution in [1.82, 2.24) is 4.90 Å². The van der Waals surface area contributed by atoms with Crippen LogP contribution in [-0.2, 0) is 4.79 Å². The Labute approximate surface area is 112 Å². The quantitative estimate of drug-likeness (QED) is 0.721. The fourth-order valence-corrected chi connectivity index (χ4v) is 3.00. The Kier molecular flexibility index (Phi) is 7.33. The van der Waals surface area contributed by atoms with Gasteiger partial charge in [-0.15, -0.1) is 0 Å². The number of aliphatic carboxylic acids is 1. The molecule has 0 spiro atoms. The number of carbonyl (C=O) groups is 1. The van der Waals surface area contributed by atoms with Gasteiger partial charge in [0.2, 0.25) is 0 Å². The van der Waals surface area contributed by atoms with Crippen LogP contribution < -0.4 is 0 Å². The van der Waals surface area contributed by atoms with Crippen LogP contribution in [0.15, 0.2) is 0 Å². The van der Waals surface area contributed by atoms with E-state index in [0.717, 1.165) is 32.4 Å². The summed E-state index contributed by atoms with van der Waals surface area (Å²) in [7, 11) is 0. The molecule has 1 aliphatic carbocycles. The molecule has 1 saturated carbocycles. The number of nitrogens with zero attached hydrogens (tertiary/aromatic N) is 1. The Balaban J connectivity index is 2.63. The van der Waals surface area contributed by atoms with Crippen molar-refractivity contribution in [3.63, 3.8) is 0 Å². The maximum absolute atomic E-state index is 11.4. The highest BCUT2D eigenvalue weighted by Gasteiger charge is 2.34. The van der Waals surface area contributed by atoms with E-state index in [4.69, 9.17) is 0 Å². The van der Waals surface area contributed by atoms with Crippen molar-refractivity contribution in [3.05, 3.63) is 0 Å². The van der Waals surface area contributed by atoms with E-state index in [1.807, 2.05) is 0 Å². The summed E-state index contributed by atoms with van der Waals surface area (Å²) < 4.78 is 0. The Bertz CT molecular complexity index is 235. The van der Waals surface area contributed by atoms with Crippen molar-refractivity contribution in [2.45, 2.75) is 71.3 Å². The summed E-state index contributed by atoms with van der Waals surface area (Å²) in [5, 5.41) is 9.38. The van der Waals surface area contributed by atoms with Gasteiger partial charge in [0, 0.05) is 6.04 Å². The van der Waals surface area contributed by atoms with Gasteiger partial charge in [0.1, 0.15) is 0 Å². The molecular formula is C15H29NO2. The van der Waals surface area contributed by atoms with Crippen molar-refractivity contribution in [2.75, 3.05) is 13.1 Å². The van der Waals surface area contributed by atoms with E-state index in [9.17, 15) is 9.90 Å². The summed E-state index contributed by atoms with van der Waals surface area (Å²) >= 11 is 0. The Morgan fingerprint density at radius 3 is 2.17 bits per heavy atom. The van der Waals surface area contributed by atoms with E-state index in [1.54, 1.807) is 0 Å². The lowest BCUT2D eigenvalue weighted by Gasteiger charge is -2.38. The van der Waals surface area contributed by atoms with Crippen molar-refractivity contribution in [1.29, 1.82) is 0 Å². The van der Waals surface area contributed by atoms with Gasteiger partial charge >= 0.3 is 5.97 Å². The molecule has 3 nitrogen and oxygen atoms in total. The van der Waals surface area contributed by atoms with Crippen LogP contribution in [0, 0.1) is 5.92 Å². The van der Waals surface area contributed by atoms with Crippen LogP contribution in [0.3, 0.4) is 0 Å². The molecule has 0 aromatic rings. The number of unbranched alkanes of at least 4 members (excludes halogenated alkanes) is 2. The minimum Gasteiger partial charge on any atom is -0.481 e. The zero-order chi connectivity index (χ0) is 13.4. The largest absolute Gasteiger partial charge is 0.481 e. The predicted octanol–water partition coefficient (Wildman–Crippen LogP) is 3.53. The number of hydrogen-bond acceptors (Lipinski definition) is 2. The molecule has 1 rings (SSSR count). The van der Waals surface area contributed by atoms with E-state index in [2.05, 4.69) is 18.7 Å². The van der Waals surface area contributed by atoms with Crippen LogP contribution in [0.1, 0.15) is 65.2 Å². The van der Waals surface area contributed by atoms with Crippen LogP contribution in [0.2, 0.25) is 0 Å². The zero-order valence-corrected chi connectivity index (χ0v) is 12.0. The lowest BCUT2D eigenvalue weighted by atomic mass is 9.83. The Morgan fingerprint density at radius 2 is 1.67 bits per heavy atom. The second kappa shape index (κ2) is 8.52. The molecule has 1 N–H and O–H groups in total. The van der Waals surface area contributed by atoms with Crippen LogP contribution >= 0.6 is 0 Å². The predicted molar refractivity (Wildman–Crippen MR) is 74.8 cm³/mol. The van der Waals surface area contributed by atoms with Gasteiger partial charge in [-0.25, -0.2) is 0 Å². The molecule has 2 unspecified atom stereocenters. The lowest BCUT2D eigenvalue weighted by Crippen LogP contribution is -2.46. The summed E-state index contributed by atoms with van der Waals surface area (Å²) in [4.78, 5) is 13.9. The molecule has 0 amide bonds. The topological polar surface area (TPSA) is 40.5 Å². The van der Waals surface area contributed by atoms with Gasteiger partial charge in [-0.05, 0) is 38.8 Å². The summed E-state index contributed by atoms with van der Waals surface area (Å²) in [6.07, 6.45) is 8.98. The van der Waals surface area contributed by atoms with E-state index in [1.165, 1.54) is 32.1 Å². The van der Waals surface area contributed by atoms with Gasteiger partial charge in [0.05, 0.1) is 5.92 Å². The van der Waals surface area contributed by atoms with Crippen LogP contribution in [0.5, 0.6) is 0 Å². The SMILES string of the molecule is CCCCN(CCCC)C1CCCCC1C(=O)O. The molecular weight excluding hydrogens is 226 g/mol. The van der Waals surface area contributed by atoms with Gasteiger partial charge in [-0.2, -0.15) is 0 Å². The Hall–Kier alpha value is -0.570. The van der Waals surface area contributed by atoms with Gasteiger partial charge in [-0.1, -0.05) is 39.5 Å². The van der Waals surface area contributed by atoms with Crippen molar-refractivity contribution < 1.29 is 9.90 Å². The fraction of sp³-hybridized carbons (Fsp3) is 0.933. The number of rotatable bonds is 8. The van der Waals surface area contributed by atoms with Crippen LogP contribution in [0.4, 0.5) is 0 Å². The fourth-order valence-electron chi connectivity index (χ4n) is 3.00. The molecule has 0 radical (unpaired) electrons. The minimum atomic E-state index is -0.585. The zero-order valence-electron chi connectivity index (χ0n) is 12.0. The molecule has 0 heterocycles. The molecule has 0 bridgehead atoms. The highest BCUT2D eigenvalue weighted by Crippen LogP contribution is 2.29. The molecule has 0 aliphatic heterocycles. The van der Waals surface area contributed by atoms with E-state index in [0.29, 0.717) is 0 Å². The molecule has 2 atom stereocenters. The van der Waals surface area contributed by atoms with Crippen LogP contribution in [0.25, 0.3) is 0 Å². The smallest absolute Gasteiger partial charge is 0.308 e. The number of carboxylic acids is 1. The van der Waals surface area contributed by atoms with E-state index >= 15 is 0 Å². The molecule has 0 aromatic carbocycles. The lowest BCUT2D eigenvalue weighted by molar-refractivity contribution is -0.145. The molecule has 106 valence electrons. The highest BCUT2D eigenvalue weighted by molar-refractivity contribution is 5.71. The van der Waals surface area contributed by atoms with Gasteiger partial charge in [-0.3, -0.25) is 9.69 Å². The number of hydrogen-bond donors (Lipinski definition) is 1. The standard InChI is InChI=1S/C15H29NO2/c1-3-5-11-16(12-6-4-2)14-10-8-7-9-13(14)15(17)18/h13-14H,3-12H2,1-2H3,(H,17,18). The first-order valence-corrected chi connectivity index (χ1v) is 7.67. The average Bonchev–Trinajstić information content (AvgIpc) is 2.39. The first-order chi connectivity index (χ1) is 8.70. The second-order valence-electron chi connectivity index (χ2n) is 5.54. The molecule has 1 fully saturated rings. The normalized spacial score (nSPS) is 24.4. The molecule has 1 aliphatic rings. The first-order valence-electron chi connectivity index (χ1n) is 7.67. The third kappa shape index (κ3) is 4.60. The first kappa shape index (κ1) is 15.5. The molecule has 3 heteroatoms. The van der Waals surface area contributed by atoms with Gasteiger partial charge in [0.25, 0.3) is 0 Å². The second-order valence-corrected chi connectivity index (χ2v) is 5.54. The van der Waals surface area contributed by atoms with Gasteiger partial charge in [0.15, 0.2) is 0 Å².